The summed E-state index contributed by atoms with van der Waals surface area (Å²) in [5, 5.41) is 3.28. The Kier molecular flexibility index (Phi) is 5.76. The van der Waals surface area contributed by atoms with Crippen molar-refractivity contribution in [1.82, 2.24) is 10.2 Å². The fourth-order valence-electron chi connectivity index (χ4n) is 3.34. The molecular formula is C21H20ClN3O5. The number of amides is 3. The molecule has 0 bridgehead atoms. The van der Waals surface area contributed by atoms with Gasteiger partial charge in [-0.15, -0.1) is 0 Å². The van der Waals surface area contributed by atoms with E-state index >= 15 is 0 Å². The Morgan fingerprint density at radius 1 is 1.00 bits per heavy atom. The maximum atomic E-state index is 12.6. The van der Waals surface area contributed by atoms with Crippen LogP contribution in [0.25, 0.3) is 0 Å². The minimum atomic E-state index is -0.718. The van der Waals surface area contributed by atoms with E-state index in [-0.39, 0.29) is 32.1 Å². The number of carbonyl (C=O) groups is 3. The van der Waals surface area contributed by atoms with Crippen LogP contribution >= 0.6 is 11.6 Å². The van der Waals surface area contributed by atoms with Crippen LogP contribution in [0, 0.1) is 0 Å². The Morgan fingerprint density at radius 2 is 1.77 bits per heavy atom. The number of nitrogens with one attached hydrogen (secondary N) is 1. The number of benzene rings is 2. The van der Waals surface area contributed by atoms with E-state index in [4.69, 9.17) is 21.1 Å². The van der Waals surface area contributed by atoms with Gasteiger partial charge in [-0.3, -0.25) is 14.4 Å². The normalized spacial score (nSPS) is 15.9. The summed E-state index contributed by atoms with van der Waals surface area (Å²) in [7, 11) is 0. The second kappa shape index (κ2) is 8.62. The zero-order valence-corrected chi connectivity index (χ0v) is 16.9. The second-order valence-electron chi connectivity index (χ2n) is 6.88. The molecule has 0 saturated carbocycles. The van der Waals surface area contributed by atoms with Crippen molar-refractivity contribution in [3.8, 4) is 11.5 Å². The van der Waals surface area contributed by atoms with Gasteiger partial charge in [0.2, 0.25) is 5.91 Å². The Labute approximate surface area is 178 Å². The number of carbonyl (C=O) groups excluding carboxylic acids is 3. The first-order valence-electron chi connectivity index (χ1n) is 9.53. The van der Waals surface area contributed by atoms with Gasteiger partial charge in [0, 0.05) is 36.4 Å². The first-order valence-corrected chi connectivity index (χ1v) is 9.91. The van der Waals surface area contributed by atoms with Crippen LogP contribution in [0.1, 0.15) is 5.56 Å². The number of piperazine rings is 1. The molecule has 0 aromatic heterocycles. The number of fused-ring (bicyclic) bond motifs is 1. The van der Waals surface area contributed by atoms with Crippen molar-refractivity contribution in [3.63, 3.8) is 0 Å². The van der Waals surface area contributed by atoms with E-state index in [0.29, 0.717) is 35.4 Å². The van der Waals surface area contributed by atoms with Crippen LogP contribution in [-0.2, 0) is 20.9 Å². The van der Waals surface area contributed by atoms with E-state index in [9.17, 15) is 14.4 Å². The third-order valence-corrected chi connectivity index (χ3v) is 5.28. The molecule has 1 fully saturated rings. The van der Waals surface area contributed by atoms with Crippen LogP contribution < -0.4 is 19.7 Å². The molecule has 8 nitrogen and oxygen atoms in total. The summed E-state index contributed by atoms with van der Waals surface area (Å²) >= 11 is 6.08. The monoisotopic (exact) mass is 429 g/mol. The van der Waals surface area contributed by atoms with E-state index in [1.807, 2.05) is 12.1 Å². The molecule has 2 aliphatic heterocycles. The molecule has 1 N–H and O–H groups in total. The van der Waals surface area contributed by atoms with E-state index in [1.54, 1.807) is 30.3 Å². The first-order chi connectivity index (χ1) is 14.5. The van der Waals surface area contributed by atoms with Gasteiger partial charge in [0.25, 0.3) is 0 Å². The molecule has 0 atom stereocenters. The highest BCUT2D eigenvalue weighted by Crippen LogP contribution is 2.34. The molecule has 9 heteroatoms. The van der Waals surface area contributed by atoms with Gasteiger partial charge < -0.3 is 24.6 Å². The molecule has 156 valence electrons. The average molecular weight is 430 g/mol. The smallest absolute Gasteiger partial charge is 0.316 e. The lowest BCUT2D eigenvalue weighted by Crippen LogP contribution is -2.56. The number of ether oxygens (including phenoxy) is 2. The van der Waals surface area contributed by atoms with Gasteiger partial charge in [-0.25, -0.2) is 0 Å². The molecule has 0 unspecified atom stereocenters. The Hall–Kier alpha value is -3.26. The van der Waals surface area contributed by atoms with Crippen LogP contribution in [-0.4, -0.2) is 55.5 Å². The van der Waals surface area contributed by atoms with E-state index < -0.39 is 11.8 Å². The minimum Gasteiger partial charge on any atom is -0.486 e. The van der Waals surface area contributed by atoms with Crippen LogP contribution in [0.15, 0.2) is 42.5 Å². The lowest BCUT2D eigenvalue weighted by Gasteiger charge is -2.33. The number of nitrogens with zero attached hydrogens (tertiary/aromatic N) is 2. The van der Waals surface area contributed by atoms with E-state index in [0.717, 1.165) is 5.56 Å². The molecule has 0 aliphatic carbocycles. The number of hydrogen-bond donors (Lipinski definition) is 1. The standard InChI is InChI=1S/C21H20ClN3O5/c22-16-4-2-1-3-14(16)12-23-19(26)13-24-7-8-25(21(28)20(24)27)15-5-6-17-18(11-15)30-10-9-29-17/h1-6,11H,7-10,12-13H2,(H,23,26). The van der Waals surface area contributed by atoms with Crippen molar-refractivity contribution < 1.29 is 23.9 Å². The molecule has 2 aromatic carbocycles. The highest BCUT2D eigenvalue weighted by molar-refractivity contribution is 6.41. The van der Waals surface area contributed by atoms with Gasteiger partial charge in [0.15, 0.2) is 11.5 Å². The Morgan fingerprint density at radius 3 is 2.57 bits per heavy atom. The van der Waals surface area contributed by atoms with Crippen molar-refractivity contribution in [2.45, 2.75) is 6.54 Å². The molecular weight excluding hydrogens is 410 g/mol. The predicted molar refractivity (Wildman–Crippen MR) is 110 cm³/mol. The average Bonchev–Trinajstić information content (AvgIpc) is 2.76. The molecule has 0 radical (unpaired) electrons. The van der Waals surface area contributed by atoms with Gasteiger partial charge in [-0.1, -0.05) is 29.8 Å². The third kappa shape index (κ3) is 4.18. The fraction of sp³-hybridized carbons (Fsp3) is 0.286. The highest BCUT2D eigenvalue weighted by atomic mass is 35.5. The second-order valence-corrected chi connectivity index (χ2v) is 7.29. The number of hydrogen-bond acceptors (Lipinski definition) is 5. The summed E-state index contributed by atoms with van der Waals surface area (Å²) in [6.07, 6.45) is 0. The Bertz CT molecular complexity index is 996. The molecule has 4 rings (SSSR count). The summed E-state index contributed by atoms with van der Waals surface area (Å²) < 4.78 is 11.0. The van der Waals surface area contributed by atoms with Gasteiger partial charge in [0.05, 0.1) is 0 Å². The molecule has 1 saturated heterocycles. The molecule has 30 heavy (non-hydrogen) atoms. The molecule has 2 aliphatic rings. The summed E-state index contributed by atoms with van der Waals surface area (Å²) in [5.74, 6) is -0.609. The van der Waals surface area contributed by atoms with Crippen LogP contribution in [0.5, 0.6) is 11.5 Å². The van der Waals surface area contributed by atoms with Gasteiger partial charge >= 0.3 is 11.8 Å². The SMILES string of the molecule is O=C(CN1CCN(c2ccc3c(c2)OCCO3)C(=O)C1=O)NCc1ccccc1Cl. The first kappa shape index (κ1) is 20.0. The van der Waals surface area contributed by atoms with Crippen LogP contribution in [0.4, 0.5) is 5.69 Å². The molecule has 0 spiro atoms. The lowest BCUT2D eigenvalue weighted by atomic mass is 10.2. The topological polar surface area (TPSA) is 88.2 Å². The highest BCUT2D eigenvalue weighted by Gasteiger charge is 2.34. The van der Waals surface area contributed by atoms with Gasteiger partial charge in [-0.05, 0) is 23.8 Å². The molecule has 3 amide bonds. The third-order valence-electron chi connectivity index (χ3n) is 4.91. The maximum Gasteiger partial charge on any atom is 0.316 e. The van der Waals surface area contributed by atoms with Crippen LogP contribution in [0.2, 0.25) is 5.02 Å². The number of halogens is 1. The number of anilines is 1. The Balaban J connectivity index is 1.36. The molecule has 2 heterocycles. The summed E-state index contributed by atoms with van der Waals surface area (Å²) in [4.78, 5) is 40.1. The predicted octanol–water partition coefficient (Wildman–Crippen LogP) is 1.60. The lowest BCUT2D eigenvalue weighted by molar-refractivity contribution is -0.147. The molecule has 2 aromatic rings. The zero-order valence-electron chi connectivity index (χ0n) is 16.1. The van der Waals surface area contributed by atoms with Gasteiger partial charge in [0.1, 0.15) is 19.8 Å². The summed E-state index contributed by atoms with van der Waals surface area (Å²) in [6, 6.07) is 12.3. The van der Waals surface area contributed by atoms with E-state index in [1.165, 1.54) is 9.80 Å². The fourth-order valence-corrected chi connectivity index (χ4v) is 3.54. The summed E-state index contributed by atoms with van der Waals surface area (Å²) in [5.41, 5.74) is 1.33. The maximum absolute atomic E-state index is 12.6. The zero-order chi connectivity index (χ0) is 21.1. The van der Waals surface area contributed by atoms with Crippen molar-refractivity contribution in [2.24, 2.45) is 0 Å². The van der Waals surface area contributed by atoms with Gasteiger partial charge in [-0.2, -0.15) is 0 Å². The summed E-state index contributed by atoms with van der Waals surface area (Å²) in [6.45, 7) is 1.49. The van der Waals surface area contributed by atoms with Crippen molar-refractivity contribution in [3.05, 3.63) is 53.1 Å². The van der Waals surface area contributed by atoms with Crippen molar-refractivity contribution in [2.75, 3.05) is 37.7 Å². The number of rotatable bonds is 5. The van der Waals surface area contributed by atoms with E-state index in [2.05, 4.69) is 5.32 Å². The van der Waals surface area contributed by atoms with Crippen LogP contribution in [0.3, 0.4) is 0 Å². The minimum absolute atomic E-state index is 0.190. The quantitative estimate of drug-likeness (QED) is 0.729. The van der Waals surface area contributed by atoms with Crippen molar-refractivity contribution >= 4 is 35.0 Å². The van der Waals surface area contributed by atoms with Crippen molar-refractivity contribution in [1.29, 1.82) is 0 Å². The largest absolute Gasteiger partial charge is 0.486 e.